The van der Waals surface area contributed by atoms with Crippen LogP contribution in [-0.4, -0.2) is 64.3 Å². The van der Waals surface area contributed by atoms with Crippen molar-refractivity contribution in [1.29, 1.82) is 0 Å². The smallest absolute Gasteiger partial charge is 0.287 e. The van der Waals surface area contributed by atoms with Crippen molar-refractivity contribution in [3.8, 4) is 0 Å². The first-order valence-corrected chi connectivity index (χ1v) is 6.59. The molecule has 0 bridgehead atoms. The van der Waals surface area contributed by atoms with E-state index in [9.17, 15) is 14.9 Å². The lowest BCUT2D eigenvalue weighted by Gasteiger charge is -2.45. The molecule has 1 saturated heterocycles. The molecule has 1 aromatic heterocycles. The zero-order chi connectivity index (χ0) is 14.9. The van der Waals surface area contributed by atoms with E-state index in [4.69, 9.17) is 0 Å². The molecule has 0 unspecified atom stereocenters. The van der Waals surface area contributed by atoms with Gasteiger partial charge in [0.25, 0.3) is 5.69 Å². The second-order valence-corrected chi connectivity index (χ2v) is 5.90. The second kappa shape index (κ2) is 5.34. The van der Waals surface area contributed by atoms with Crippen LogP contribution < -0.4 is 0 Å². The van der Waals surface area contributed by atoms with E-state index in [0.717, 1.165) is 19.6 Å². The van der Waals surface area contributed by atoms with Crippen molar-refractivity contribution in [2.45, 2.75) is 19.4 Å². The molecule has 0 radical (unpaired) electrons. The maximum Gasteiger partial charge on any atom is 0.287 e. The van der Waals surface area contributed by atoms with Crippen LogP contribution in [0.1, 0.15) is 24.3 Å². The Hall–Kier alpha value is -1.73. The number of carbonyl (C=O) groups is 1. The average Bonchev–Trinajstić information content (AvgIpc) is 2.83. The number of ketones is 1. The van der Waals surface area contributed by atoms with Gasteiger partial charge < -0.3 is 4.98 Å². The first-order valence-electron chi connectivity index (χ1n) is 6.59. The average molecular weight is 280 g/mol. The molecule has 7 heteroatoms. The fourth-order valence-corrected chi connectivity index (χ4v) is 2.41. The third-order valence-electron chi connectivity index (χ3n) is 3.94. The molecule has 2 rings (SSSR count). The maximum absolute atomic E-state index is 12.1. The molecule has 0 aliphatic carbocycles. The summed E-state index contributed by atoms with van der Waals surface area (Å²) < 4.78 is 0. The van der Waals surface area contributed by atoms with E-state index >= 15 is 0 Å². The highest BCUT2D eigenvalue weighted by atomic mass is 16.6. The van der Waals surface area contributed by atoms with Gasteiger partial charge in [0.1, 0.15) is 0 Å². The summed E-state index contributed by atoms with van der Waals surface area (Å²) in [5, 5.41) is 10.6. The van der Waals surface area contributed by atoms with E-state index in [1.165, 1.54) is 12.3 Å². The van der Waals surface area contributed by atoms with Gasteiger partial charge in [0.2, 0.25) is 0 Å². The SMILES string of the molecule is CN1CCN(CC(=O)c2cc([N+](=O)[O-])c[nH]2)CC1(C)C. The van der Waals surface area contributed by atoms with Crippen LogP contribution in [-0.2, 0) is 0 Å². The lowest BCUT2D eigenvalue weighted by atomic mass is 9.99. The second-order valence-electron chi connectivity index (χ2n) is 5.90. The van der Waals surface area contributed by atoms with Crippen LogP contribution in [0.2, 0.25) is 0 Å². The number of piperazine rings is 1. The van der Waals surface area contributed by atoms with Gasteiger partial charge in [-0.1, -0.05) is 0 Å². The van der Waals surface area contributed by atoms with Gasteiger partial charge in [-0.2, -0.15) is 0 Å². The summed E-state index contributed by atoms with van der Waals surface area (Å²) in [4.78, 5) is 29.3. The minimum atomic E-state index is -0.508. The molecule has 0 saturated carbocycles. The van der Waals surface area contributed by atoms with Crippen LogP contribution >= 0.6 is 0 Å². The van der Waals surface area contributed by atoms with E-state index in [-0.39, 0.29) is 23.6 Å². The number of nitrogens with zero attached hydrogens (tertiary/aromatic N) is 3. The lowest BCUT2D eigenvalue weighted by molar-refractivity contribution is -0.384. The van der Waals surface area contributed by atoms with Crippen LogP contribution in [0.3, 0.4) is 0 Å². The summed E-state index contributed by atoms with van der Waals surface area (Å²) in [7, 11) is 2.08. The number of aromatic nitrogens is 1. The Bertz CT molecular complexity index is 523. The molecule has 110 valence electrons. The monoisotopic (exact) mass is 280 g/mol. The predicted octanol–water partition coefficient (Wildman–Crippen LogP) is 1.13. The molecule has 1 aliphatic heterocycles. The Labute approximate surface area is 117 Å². The maximum atomic E-state index is 12.1. The van der Waals surface area contributed by atoms with E-state index in [2.05, 4.69) is 35.7 Å². The van der Waals surface area contributed by atoms with Gasteiger partial charge >= 0.3 is 0 Å². The highest BCUT2D eigenvalue weighted by molar-refractivity contribution is 5.96. The zero-order valence-electron chi connectivity index (χ0n) is 12.0. The summed E-state index contributed by atoms with van der Waals surface area (Å²) in [6, 6.07) is 1.30. The lowest BCUT2D eigenvalue weighted by Crippen LogP contribution is -2.58. The molecule has 0 atom stereocenters. The highest BCUT2D eigenvalue weighted by Crippen LogP contribution is 2.19. The number of carbonyl (C=O) groups excluding carboxylic acids is 1. The third kappa shape index (κ3) is 3.05. The van der Waals surface area contributed by atoms with Gasteiger partial charge in [-0.05, 0) is 20.9 Å². The van der Waals surface area contributed by atoms with Crippen molar-refractivity contribution in [2.75, 3.05) is 33.2 Å². The topological polar surface area (TPSA) is 82.5 Å². The van der Waals surface area contributed by atoms with Gasteiger partial charge in [0.15, 0.2) is 5.78 Å². The number of hydrogen-bond donors (Lipinski definition) is 1. The highest BCUT2D eigenvalue weighted by Gasteiger charge is 2.32. The molecule has 1 fully saturated rings. The molecular weight excluding hydrogens is 260 g/mol. The normalized spacial score (nSPS) is 19.9. The van der Waals surface area contributed by atoms with Crippen LogP contribution in [0.25, 0.3) is 0 Å². The van der Waals surface area contributed by atoms with E-state index in [1.807, 2.05) is 0 Å². The van der Waals surface area contributed by atoms with E-state index in [1.54, 1.807) is 0 Å². The number of H-pyrrole nitrogens is 1. The molecule has 2 heterocycles. The number of rotatable bonds is 4. The molecule has 20 heavy (non-hydrogen) atoms. The van der Waals surface area contributed by atoms with Crippen molar-refractivity contribution >= 4 is 11.5 Å². The number of nitro groups is 1. The fraction of sp³-hybridized carbons (Fsp3) is 0.615. The van der Waals surface area contributed by atoms with Crippen molar-refractivity contribution in [3.05, 3.63) is 28.1 Å². The summed E-state index contributed by atoms with van der Waals surface area (Å²) in [6.07, 6.45) is 1.25. The van der Waals surface area contributed by atoms with Crippen molar-refractivity contribution in [1.82, 2.24) is 14.8 Å². The van der Waals surface area contributed by atoms with Crippen molar-refractivity contribution in [3.63, 3.8) is 0 Å². The number of likely N-dealkylation sites (N-methyl/N-ethyl adjacent to an activating group) is 1. The van der Waals surface area contributed by atoms with Gasteiger partial charge in [0.05, 0.1) is 23.4 Å². The number of hydrogen-bond acceptors (Lipinski definition) is 5. The summed E-state index contributed by atoms with van der Waals surface area (Å²) in [5.74, 6) is -0.113. The fourth-order valence-electron chi connectivity index (χ4n) is 2.41. The van der Waals surface area contributed by atoms with Crippen LogP contribution in [0, 0.1) is 10.1 Å². The van der Waals surface area contributed by atoms with Gasteiger partial charge in [-0.3, -0.25) is 24.7 Å². The minimum absolute atomic E-state index is 0.0280. The Kier molecular flexibility index (Phi) is 3.92. The summed E-state index contributed by atoms with van der Waals surface area (Å²) in [5.41, 5.74) is 0.251. The molecule has 1 N–H and O–H groups in total. The molecule has 7 nitrogen and oxygen atoms in total. The van der Waals surface area contributed by atoms with E-state index < -0.39 is 4.92 Å². The minimum Gasteiger partial charge on any atom is -0.353 e. The molecular formula is C13H20N4O3. The third-order valence-corrected chi connectivity index (χ3v) is 3.94. The quantitative estimate of drug-likeness (QED) is 0.508. The summed E-state index contributed by atoms with van der Waals surface area (Å²) in [6.45, 7) is 7.11. The van der Waals surface area contributed by atoms with Gasteiger partial charge in [-0.25, -0.2) is 0 Å². The number of nitrogens with one attached hydrogen (secondary N) is 1. The molecule has 0 amide bonds. The van der Waals surface area contributed by atoms with Crippen molar-refractivity contribution in [2.24, 2.45) is 0 Å². The molecule has 0 spiro atoms. The van der Waals surface area contributed by atoms with Crippen LogP contribution in [0.4, 0.5) is 5.69 Å². The van der Waals surface area contributed by atoms with Crippen molar-refractivity contribution < 1.29 is 9.72 Å². The Morgan fingerprint density at radius 2 is 2.20 bits per heavy atom. The number of Topliss-reactive ketones (excluding diaryl/α,β-unsaturated/α-hetero) is 1. The summed E-state index contributed by atoms with van der Waals surface area (Å²) >= 11 is 0. The number of aromatic amines is 1. The Morgan fingerprint density at radius 3 is 2.75 bits per heavy atom. The van der Waals surface area contributed by atoms with Crippen LogP contribution in [0.15, 0.2) is 12.3 Å². The zero-order valence-corrected chi connectivity index (χ0v) is 12.0. The van der Waals surface area contributed by atoms with E-state index in [0.29, 0.717) is 5.69 Å². The first kappa shape index (κ1) is 14.7. The van der Waals surface area contributed by atoms with Gasteiger partial charge in [0, 0.05) is 31.2 Å². The molecule has 0 aromatic carbocycles. The first-order chi connectivity index (χ1) is 9.29. The van der Waals surface area contributed by atoms with Gasteiger partial charge in [-0.15, -0.1) is 0 Å². The largest absolute Gasteiger partial charge is 0.353 e. The molecule has 1 aliphatic rings. The Balaban J connectivity index is 1.99. The Morgan fingerprint density at radius 1 is 1.50 bits per heavy atom. The predicted molar refractivity (Wildman–Crippen MR) is 74.9 cm³/mol. The van der Waals surface area contributed by atoms with Crippen LogP contribution in [0.5, 0.6) is 0 Å². The molecule has 1 aromatic rings. The standard InChI is InChI=1S/C13H20N4O3/c1-13(2)9-16(5-4-15(13)3)8-12(18)11-6-10(7-14-11)17(19)20/h6-7,14H,4-5,8-9H2,1-3H3.